The molecule has 3 aromatic carbocycles. The van der Waals surface area contributed by atoms with Crippen LogP contribution in [0.4, 0.5) is 5.69 Å². The molecule has 0 unspecified atom stereocenters. The van der Waals surface area contributed by atoms with Crippen molar-refractivity contribution in [1.29, 1.82) is 0 Å². The highest BCUT2D eigenvalue weighted by molar-refractivity contribution is 7.89. The van der Waals surface area contributed by atoms with E-state index in [9.17, 15) is 18.0 Å². The molecule has 0 aromatic heterocycles. The minimum atomic E-state index is -4.04. The standard InChI is InChI=1S/C26H28N2O5S/c1-26(2,3)33-25(30)23(18-19-10-6-4-7-11-19)28-34(31,32)22-16-14-21(15-17-22)27-24(29)20-12-8-5-9-13-20/h4-17,23,28H,18H2,1-3H3,(H,27,29)/t23-/m1/s1. The van der Waals surface area contributed by atoms with Crippen molar-refractivity contribution in [3.63, 3.8) is 0 Å². The third-order valence-corrected chi connectivity index (χ3v) is 6.22. The number of anilines is 1. The van der Waals surface area contributed by atoms with E-state index in [0.717, 1.165) is 5.56 Å². The summed E-state index contributed by atoms with van der Waals surface area (Å²) >= 11 is 0. The van der Waals surface area contributed by atoms with Crippen molar-refractivity contribution in [2.75, 3.05) is 5.32 Å². The largest absolute Gasteiger partial charge is 0.459 e. The SMILES string of the molecule is CC(C)(C)OC(=O)[C@@H](Cc1ccccc1)NS(=O)(=O)c1ccc(NC(=O)c2ccccc2)cc1. The van der Waals surface area contributed by atoms with Gasteiger partial charge in [0.05, 0.1) is 4.90 Å². The van der Waals surface area contributed by atoms with Crippen molar-refractivity contribution >= 4 is 27.6 Å². The fourth-order valence-corrected chi connectivity index (χ4v) is 4.35. The normalized spacial score (nSPS) is 12.6. The Kier molecular flexibility index (Phi) is 7.86. The first-order chi connectivity index (χ1) is 16.0. The van der Waals surface area contributed by atoms with E-state index in [-0.39, 0.29) is 17.2 Å². The maximum absolute atomic E-state index is 13.1. The number of sulfonamides is 1. The molecule has 0 bridgehead atoms. The van der Waals surface area contributed by atoms with Crippen molar-refractivity contribution in [3.8, 4) is 0 Å². The van der Waals surface area contributed by atoms with Gasteiger partial charge in [0.25, 0.3) is 5.91 Å². The molecule has 0 saturated carbocycles. The Hall–Kier alpha value is -3.49. The first kappa shape index (κ1) is 25.1. The molecule has 1 atom stereocenters. The fraction of sp³-hybridized carbons (Fsp3) is 0.231. The number of carbonyl (C=O) groups is 2. The minimum Gasteiger partial charge on any atom is -0.459 e. The summed E-state index contributed by atoms with van der Waals surface area (Å²) in [5, 5.41) is 2.73. The van der Waals surface area contributed by atoms with Gasteiger partial charge in [0, 0.05) is 11.3 Å². The molecule has 8 heteroatoms. The Bertz CT molecular complexity index is 1220. The van der Waals surface area contributed by atoms with E-state index in [1.165, 1.54) is 24.3 Å². The van der Waals surface area contributed by atoms with Crippen LogP contribution in [0.5, 0.6) is 0 Å². The predicted molar refractivity (Wildman–Crippen MR) is 131 cm³/mol. The topological polar surface area (TPSA) is 102 Å². The minimum absolute atomic E-state index is 0.0353. The number of rotatable bonds is 8. The van der Waals surface area contributed by atoms with E-state index in [4.69, 9.17) is 4.74 Å². The first-order valence-electron chi connectivity index (χ1n) is 10.8. The number of amides is 1. The quantitative estimate of drug-likeness (QED) is 0.471. The summed E-state index contributed by atoms with van der Waals surface area (Å²) in [6.07, 6.45) is 0.139. The lowest BCUT2D eigenvalue weighted by atomic mass is 10.1. The van der Waals surface area contributed by atoms with Gasteiger partial charge in [0.2, 0.25) is 10.0 Å². The molecule has 34 heavy (non-hydrogen) atoms. The van der Waals surface area contributed by atoms with Crippen molar-refractivity contribution in [2.45, 2.75) is 43.7 Å². The maximum Gasteiger partial charge on any atom is 0.325 e. The second-order valence-electron chi connectivity index (χ2n) is 8.74. The molecular formula is C26H28N2O5S. The highest BCUT2D eigenvalue weighted by atomic mass is 32.2. The molecule has 0 saturated heterocycles. The lowest BCUT2D eigenvalue weighted by Gasteiger charge is -2.24. The molecule has 0 fully saturated rings. The molecule has 0 aliphatic rings. The summed E-state index contributed by atoms with van der Waals surface area (Å²) in [5.74, 6) is -0.964. The number of hydrogen-bond acceptors (Lipinski definition) is 5. The molecule has 1 amide bonds. The summed E-state index contributed by atoms with van der Waals surface area (Å²) < 4.78 is 34.0. The summed E-state index contributed by atoms with van der Waals surface area (Å²) in [6.45, 7) is 5.17. The van der Waals surface area contributed by atoms with Crippen molar-refractivity contribution in [3.05, 3.63) is 96.1 Å². The Morgan fingerprint density at radius 3 is 1.97 bits per heavy atom. The molecule has 2 N–H and O–H groups in total. The molecule has 0 aliphatic carbocycles. The van der Waals surface area contributed by atoms with Crippen LogP contribution in [-0.2, 0) is 26.0 Å². The van der Waals surface area contributed by atoms with E-state index in [0.29, 0.717) is 11.3 Å². The lowest BCUT2D eigenvalue weighted by Crippen LogP contribution is -2.45. The van der Waals surface area contributed by atoms with Crippen LogP contribution in [0.3, 0.4) is 0 Å². The molecular weight excluding hydrogens is 452 g/mol. The lowest BCUT2D eigenvalue weighted by molar-refractivity contribution is -0.156. The van der Waals surface area contributed by atoms with Gasteiger partial charge in [-0.3, -0.25) is 9.59 Å². The van der Waals surface area contributed by atoms with Gasteiger partial charge in [-0.15, -0.1) is 0 Å². The smallest absolute Gasteiger partial charge is 0.325 e. The van der Waals surface area contributed by atoms with Crippen LogP contribution in [0.15, 0.2) is 89.8 Å². The number of nitrogens with one attached hydrogen (secondary N) is 2. The summed E-state index contributed by atoms with van der Waals surface area (Å²) in [4.78, 5) is 25.1. The van der Waals surface area contributed by atoms with Gasteiger partial charge in [0.15, 0.2) is 0 Å². The zero-order valence-corrected chi connectivity index (χ0v) is 20.1. The molecule has 0 spiro atoms. The van der Waals surface area contributed by atoms with E-state index >= 15 is 0 Å². The molecule has 0 radical (unpaired) electrons. The van der Waals surface area contributed by atoms with Crippen LogP contribution in [0.2, 0.25) is 0 Å². The van der Waals surface area contributed by atoms with Crippen LogP contribution >= 0.6 is 0 Å². The first-order valence-corrected chi connectivity index (χ1v) is 12.3. The monoisotopic (exact) mass is 480 g/mol. The molecule has 178 valence electrons. The van der Waals surface area contributed by atoms with Crippen LogP contribution in [0.25, 0.3) is 0 Å². The van der Waals surface area contributed by atoms with Crippen LogP contribution < -0.4 is 10.0 Å². The van der Waals surface area contributed by atoms with Crippen LogP contribution in [-0.4, -0.2) is 31.9 Å². The Morgan fingerprint density at radius 1 is 0.853 bits per heavy atom. The maximum atomic E-state index is 13.1. The van der Waals surface area contributed by atoms with Crippen LogP contribution in [0, 0.1) is 0 Å². The molecule has 3 aromatic rings. The number of benzene rings is 3. The summed E-state index contributed by atoms with van der Waals surface area (Å²) in [6, 6.07) is 22.4. The average Bonchev–Trinajstić information content (AvgIpc) is 2.79. The Morgan fingerprint density at radius 2 is 1.41 bits per heavy atom. The average molecular weight is 481 g/mol. The van der Waals surface area contributed by atoms with E-state index < -0.39 is 27.6 Å². The Balaban J connectivity index is 1.76. The zero-order chi connectivity index (χ0) is 24.8. The molecule has 7 nitrogen and oxygen atoms in total. The molecule has 0 aliphatic heterocycles. The van der Waals surface area contributed by atoms with Gasteiger partial charge in [-0.2, -0.15) is 4.72 Å². The van der Waals surface area contributed by atoms with Gasteiger partial charge >= 0.3 is 5.97 Å². The third-order valence-electron chi connectivity index (χ3n) is 4.73. The molecule has 0 heterocycles. The van der Waals surface area contributed by atoms with Gasteiger partial charge in [-0.25, -0.2) is 8.42 Å². The van der Waals surface area contributed by atoms with E-state index in [1.807, 2.05) is 36.4 Å². The summed E-state index contributed by atoms with van der Waals surface area (Å²) in [7, 11) is -4.04. The third kappa shape index (κ3) is 7.26. The van der Waals surface area contributed by atoms with Crippen LogP contribution in [0.1, 0.15) is 36.7 Å². The number of ether oxygens (including phenoxy) is 1. The second kappa shape index (κ2) is 10.6. The van der Waals surface area contributed by atoms with E-state index in [1.54, 1.807) is 45.0 Å². The van der Waals surface area contributed by atoms with Gasteiger partial charge < -0.3 is 10.1 Å². The highest BCUT2D eigenvalue weighted by Crippen LogP contribution is 2.18. The predicted octanol–water partition coefficient (Wildman–Crippen LogP) is 4.17. The number of hydrogen-bond donors (Lipinski definition) is 2. The van der Waals surface area contributed by atoms with Crippen molar-refractivity contribution in [2.24, 2.45) is 0 Å². The summed E-state index contributed by atoms with van der Waals surface area (Å²) in [5.41, 5.74) is 0.957. The zero-order valence-electron chi connectivity index (χ0n) is 19.3. The van der Waals surface area contributed by atoms with Gasteiger partial charge in [-0.1, -0.05) is 48.5 Å². The number of esters is 1. The van der Waals surface area contributed by atoms with Gasteiger partial charge in [-0.05, 0) is 69.2 Å². The van der Waals surface area contributed by atoms with E-state index in [2.05, 4.69) is 10.0 Å². The van der Waals surface area contributed by atoms with Crippen molar-refractivity contribution in [1.82, 2.24) is 4.72 Å². The molecule has 3 rings (SSSR count). The highest BCUT2D eigenvalue weighted by Gasteiger charge is 2.30. The van der Waals surface area contributed by atoms with Gasteiger partial charge in [0.1, 0.15) is 11.6 Å². The fourth-order valence-electron chi connectivity index (χ4n) is 3.16. The second-order valence-corrected chi connectivity index (χ2v) is 10.5. The Labute approximate surface area is 200 Å². The van der Waals surface area contributed by atoms with Crippen molar-refractivity contribution < 1.29 is 22.7 Å². The number of carbonyl (C=O) groups excluding carboxylic acids is 2.